The molecule has 0 aromatic heterocycles. The zero-order chi connectivity index (χ0) is 10.4. The quantitative estimate of drug-likeness (QED) is 0.688. The second-order valence-electron chi connectivity index (χ2n) is 4.05. The molecule has 0 N–H and O–H groups in total. The van der Waals surface area contributed by atoms with Crippen molar-refractivity contribution < 1.29 is 14.2 Å². The van der Waals surface area contributed by atoms with E-state index in [1.807, 2.05) is 12.1 Å². The Morgan fingerprint density at radius 1 is 1.00 bits per heavy atom. The van der Waals surface area contributed by atoms with Gasteiger partial charge in [-0.1, -0.05) is 0 Å². The van der Waals surface area contributed by atoms with E-state index in [2.05, 4.69) is 0 Å². The number of epoxide rings is 1. The summed E-state index contributed by atoms with van der Waals surface area (Å²) in [7, 11) is 3.42. The molecule has 1 fully saturated rings. The van der Waals surface area contributed by atoms with Crippen molar-refractivity contribution in [3.8, 4) is 11.5 Å². The van der Waals surface area contributed by atoms with Crippen LogP contribution in [-0.4, -0.2) is 26.4 Å². The summed E-state index contributed by atoms with van der Waals surface area (Å²) < 4.78 is 16.3. The van der Waals surface area contributed by atoms with Crippen LogP contribution in [0, 0.1) is 0 Å². The molecule has 0 spiro atoms. The molecule has 2 aliphatic rings. The highest BCUT2D eigenvalue weighted by Gasteiger charge is 2.44. The Kier molecular flexibility index (Phi) is 1.89. The van der Waals surface area contributed by atoms with E-state index in [1.165, 1.54) is 11.1 Å². The minimum Gasteiger partial charge on any atom is -0.496 e. The van der Waals surface area contributed by atoms with Gasteiger partial charge in [-0.05, 0) is 12.1 Å². The predicted molar refractivity (Wildman–Crippen MR) is 55.6 cm³/mol. The van der Waals surface area contributed by atoms with Gasteiger partial charge in [-0.25, -0.2) is 0 Å². The van der Waals surface area contributed by atoms with Crippen LogP contribution in [0.3, 0.4) is 0 Å². The van der Waals surface area contributed by atoms with Crippen LogP contribution in [0.25, 0.3) is 0 Å². The van der Waals surface area contributed by atoms with E-state index in [-0.39, 0.29) is 0 Å². The fourth-order valence-electron chi connectivity index (χ4n) is 2.42. The summed E-state index contributed by atoms with van der Waals surface area (Å²) >= 11 is 0. The van der Waals surface area contributed by atoms with Gasteiger partial charge in [0, 0.05) is 24.0 Å². The van der Waals surface area contributed by atoms with E-state index in [0.29, 0.717) is 12.2 Å². The maximum absolute atomic E-state index is 5.55. The lowest BCUT2D eigenvalue weighted by molar-refractivity contribution is 0.371. The standard InChI is InChI=1S/C12H14O3/c1-13-9-3-4-10(14-2)8-6-12-11(15-12)5-7(8)9/h3-4,11-12H,5-6H2,1-2H3/t11-,12+. The zero-order valence-electron chi connectivity index (χ0n) is 8.95. The summed E-state index contributed by atoms with van der Waals surface area (Å²) in [6.45, 7) is 0. The first-order valence-electron chi connectivity index (χ1n) is 5.21. The summed E-state index contributed by atoms with van der Waals surface area (Å²) in [5.41, 5.74) is 2.52. The monoisotopic (exact) mass is 206 g/mol. The van der Waals surface area contributed by atoms with Crippen molar-refractivity contribution >= 4 is 0 Å². The molecule has 0 amide bonds. The number of fused-ring (bicyclic) bond motifs is 2. The van der Waals surface area contributed by atoms with Gasteiger partial charge in [0.2, 0.25) is 0 Å². The van der Waals surface area contributed by atoms with Crippen molar-refractivity contribution in [3.05, 3.63) is 23.3 Å². The van der Waals surface area contributed by atoms with E-state index in [9.17, 15) is 0 Å². The molecular weight excluding hydrogens is 192 g/mol. The Labute approximate surface area is 89.0 Å². The van der Waals surface area contributed by atoms with Crippen LogP contribution in [0.15, 0.2) is 12.1 Å². The molecule has 1 aromatic carbocycles. The fraction of sp³-hybridized carbons (Fsp3) is 0.500. The van der Waals surface area contributed by atoms with Crippen LogP contribution in [0.1, 0.15) is 11.1 Å². The third kappa shape index (κ3) is 1.30. The molecule has 1 aliphatic carbocycles. The minimum atomic E-state index is 0.415. The van der Waals surface area contributed by atoms with E-state index < -0.39 is 0 Å². The lowest BCUT2D eigenvalue weighted by Gasteiger charge is -2.18. The number of benzene rings is 1. The number of hydrogen-bond acceptors (Lipinski definition) is 3. The van der Waals surface area contributed by atoms with E-state index in [4.69, 9.17) is 14.2 Å². The molecule has 3 rings (SSSR count). The Bertz CT molecular complexity index is 363. The maximum atomic E-state index is 5.55. The van der Waals surface area contributed by atoms with Crippen LogP contribution in [0.2, 0.25) is 0 Å². The molecule has 3 nitrogen and oxygen atoms in total. The van der Waals surface area contributed by atoms with Gasteiger partial charge in [-0.3, -0.25) is 0 Å². The smallest absolute Gasteiger partial charge is 0.122 e. The highest BCUT2D eigenvalue weighted by Crippen LogP contribution is 2.43. The van der Waals surface area contributed by atoms with Crippen molar-refractivity contribution in [2.75, 3.05) is 14.2 Å². The second kappa shape index (κ2) is 3.14. The maximum Gasteiger partial charge on any atom is 0.122 e. The predicted octanol–water partition coefficient (Wildman–Crippen LogP) is 1.57. The molecular formula is C12H14O3. The van der Waals surface area contributed by atoms with Crippen LogP contribution in [0.5, 0.6) is 11.5 Å². The normalized spacial score (nSPS) is 26.5. The number of ether oxygens (including phenoxy) is 3. The van der Waals surface area contributed by atoms with Gasteiger partial charge in [0.05, 0.1) is 26.4 Å². The molecule has 1 aliphatic heterocycles. The largest absolute Gasteiger partial charge is 0.496 e. The summed E-state index contributed by atoms with van der Waals surface area (Å²) in [4.78, 5) is 0. The third-order valence-corrected chi connectivity index (χ3v) is 3.28. The van der Waals surface area contributed by atoms with Crippen molar-refractivity contribution in [2.24, 2.45) is 0 Å². The molecule has 1 saturated heterocycles. The first kappa shape index (κ1) is 9.04. The van der Waals surface area contributed by atoms with Crippen LogP contribution in [-0.2, 0) is 17.6 Å². The highest BCUT2D eigenvalue weighted by molar-refractivity contribution is 5.51. The molecule has 15 heavy (non-hydrogen) atoms. The van der Waals surface area contributed by atoms with E-state index >= 15 is 0 Å². The number of rotatable bonds is 2. The molecule has 0 unspecified atom stereocenters. The van der Waals surface area contributed by atoms with Crippen molar-refractivity contribution in [2.45, 2.75) is 25.0 Å². The second-order valence-corrected chi connectivity index (χ2v) is 4.05. The number of methoxy groups -OCH3 is 2. The first-order chi connectivity index (χ1) is 7.33. The SMILES string of the molecule is COc1ccc(OC)c2c1C[C@@H]1O[C@@H]1C2. The molecule has 80 valence electrons. The van der Waals surface area contributed by atoms with Gasteiger partial charge in [-0.15, -0.1) is 0 Å². The van der Waals surface area contributed by atoms with Crippen LogP contribution < -0.4 is 9.47 Å². The Hall–Kier alpha value is -1.22. The molecule has 0 radical (unpaired) electrons. The highest BCUT2D eigenvalue weighted by atomic mass is 16.6. The first-order valence-corrected chi connectivity index (χ1v) is 5.21. The van der Waals surface area contributed by atoms with Crippen LogP contribution >= 0.6 is 0 Å². The average molecular weight is 206 g/mol. The Morgan fingerprint density at radius 2 is 1.47 bits per heavy atom. The van der Waals surface area contributed by atoms with Gasteiger partial charge in [0.15, 0.2) is 0 Å². The number of hydrogen-bond donors (Lipinski definition) is 0. The topological polar surface area (TPSA) is 31.0 Å². The van der Waals surface area contributed by atoms with Gasteiger partial charge >= 0.3 is 0 Å². The summed E-state index contributed by atoms with van der Waals surface area (Å²) in [6.07, 6.45) is 2.75. The third-order valence-electron chi connectivity index (χ3n) is 3.28. The lowest BCUT2D eigenvalue weighted by Crippen LogP contribution is -2.14. The molecule has 0 saturated carbocycles. The van der Waals surface area contributed by atoms with Crippen molar-refractivity contribution in [3.63, 3.8) is 0 Å². The van der Waals surface area contributed by atoms with Crippen molar-refractivity contribution in [1.29, 1.82) is 0 Å². The molecule has 2 atom stereocenters. The van der Waals surface area contributed by atoms with Crippen molar-refractivity contribution in [1.82, 2.24) is 0 Å². The molecule has 1 aromatic rings. The lowest BCUT2D eigenvalue weighted by atomic mass is 9.90. The summed E-state index contributed by atoms with van der Waals surface area (Å²) in [5, 5.41) is 0. The summed E-state index contributed by atoms with van der Waals surface area (Å²) in [6, 6.07) is 3.95. The Balaban J connectivity index is 2.10. The van der Waals surface area contributed by atoms with Gasteiger partial charge in [0.1, 0.15) is 11.5 Å². The summed E-state index contributed by atoms with van der Waals surface area (Å²) in [5.74, 6) is 1.92. The average Bonchev–Trinajstić information content (AvgIpc) is 3.02. The van der Waals surface area contributed by atoms with Gasteiger partial charge in [0.25, 0.3) is 0 Å². The van der Waals surface area contributed by atoms with E-state index in [0.717, 1.165) is 24.3 Å². The zero-order valence-corrected chi connectivity index (χ0v) is 8.95. The van der Waals surface area contributed by atoms with Gasteiger partial charge in [-0.2, -0.15) is 0 Å². The molecule has 0 bridgehead atoms. The molecule has 3 heteroatoms. The molecule has 1 heterocycles. The van der Waals surface area contributed by atoms with Gasteiger partial charge < -0.3 is 14.2 Å². The fourth-order valence-corrected chi connectivity index (χ4v) is 2.42. The minimum absolute atomic E-state index is 0.415. The van der Waals surface area contributed by atoms with Crippen LogP contribution in [0.4, 0.5) is 0 Å². The Morgan fingerprint density at radius 3 is 1.87 bits per heavy atom. The van der Waals surface area contributed by atoms with E-state index in [1.54, 1.807) is 14.2 Å².